The summed E-state index contributed by atoms with van der Waals surface area (Å²) in [6.07, 6.45) is 4.40. The summed E-state index contributed by atoms with van der Waals surface area (Å²) in [5, 5.41) is 3.51. The Morgan fingerprint density at radius 2 is 1.55 bits per heavy atom. The van der Waals surface area contributed by atoms with Crippen molar-refractivity contribution >= 4 is 27.1 Å². The van der Waals surface area contributed by atoms with Crippen molar-refractivity contribution in [1.82, 2.24) is 0 Å². The topological polar surface area (TPSA) is 61.4 Å². The molecular formula is C23H31N3O2S. The van der Waals surface area contributed by atoms with Gasteiger partial charge in [0.25, 0.3) is 0 Å². The maximum Gasteiger partial charge on any atom is 0.237 e. The summed E-state index contributed by atoms with van der Waals surface area (Å²) in [5.41, 5.74) is 6.63. The summed E-state index contributed by atoms with van der Waals surface area (Å²) < 4.78 is 26.4. The van der Waals surface area contributed by atoms with Gasteiger partial charge >= 0.3 is 0 Å². The van der Waals surface area contributed by atoms with Gasteiger partial charge in [-0.15, -0.1) is 0 Å². The number of hydrogen-bond donors (Lipinski definition) is 2. The number of sulfonamides is 1. The predicted octanol–water partition coefficient (Wildman–Crippen LogP) is 4.83. The van der Waals surface area contributed by atoms with Crippen LogP contribution in [-0.4, -0.2) is 26.3 Å². The molecule has 0 radical (unpaired) electrons. The van der Waals surface area contributed by atoms with Crippen LogP contribution in [0.5, 0.6) is 0 Å². The number of anilines is 3. The lowest BCUT2D eigenvalue weighted by molar-refractivity contribution is 0.566. The summed E-state index contributed by atoms with van der Waals surface area (Å²) >= 11 is 0. The second-order valence-electron chi connectivity index (χ2n) is 8.53. The molecule has 0 bridgehead atoms. The average molecular weight is 414 g/mol. The average Bonchev–Trinajstić information content (AvgIpc) is 3.17. The molecule has 0 amide bonds. The first kappa shape index (κ1) is 21.2. The van der Waals surface area contributed by atoms with Crippen molar-refractivity contribution in [2.75, 3.05) is 28.0 Å². The summed E-state index contributed by atoms with van der Waals surface area (Å²) in [4.78, 5) is 2.36. The summed E-state index contributed by atoms with van der Waals surface area (Å²) in [5.74, 6) is 0. The van der Waals surface area contributed by atoms with Crippen LogP contribution in [0.25, 0.3) is 0 Å². The Balaban J connectivity index is 1.65. The first-order chi connectivity index (χ1) is 13.6. The third-order valence-electron chi connectivity index (χ3n) is 5.41. The van der Waals surface area contributed by atoms with Gasteiger partial charge in [-0.2, -0.15) is 0 Å². The lowest BCUT2D eigenvalue weighted by Gasteiger charge is -2.23. The molecule has 29 heavy (non-hydrogen) atoms. The zero-order chi connectivity index (χ0) is 21.2. The van der Waals surface area contributed by atoms with Crippen molar-refractivity contribution < 1.29 is 8.42 Å². The Morgan fingerprint density at radius 3 is 2.14 bits per heavy atom. The van der Waals surface area contributed by atoms with Crippen LogP contribution in [0.3, 0.4) is 0 Å². The quantitative estimate of drug-likeness (QED) is 0.666. The van der Waals surface area contributed by atoms with Gasteiger partial charge in [-0.1, -0.05) is 24.3 Å². The first-order valence-corrected chi connectivity index (χ1v) is 11.4. The minimum absolute atomic E-state index is 0.583. The van der Waals surface area contributed by atoms with E-state index < -0.39 is 14.8 Å². The van der Waals surface area contributed by atoms with E-state index in [1.54, 1.807) is 20.8 Å². The van der Waals surface area contributed by atoms with Gasteiger partial charge < -0.3 is 10.2 Å². The van der Waals surface area contributed by atoms with Gasteiger partial charge in [0.05, 0.1) is 4.75 Å². The molecule has 2 aromatic rings. The van der Waals surface area contributed by atoms with Crippen molar-refractivity contribution in [1.29, 1.82) is 0 Å². The number of nitrogens with zero attached hydrogens (tertiary/aromatic N) is 1. The molecule has 3 rings (SSSR count). The molecule has 1 heterocycles. The van der Waals surface area contributed by atoms with Crippen LogP contribution in [-0.2, 0) is 16.6 Å². The fraction of sp³-hybridized carbons (Fsp3) is 0.391. The standard InChI is InChI=1S/C23H31N3O2S/c1-17-18(2)22(26-14-6-7-15-26)13-12-21(17)24-16-19-8-10-20(11-9-19)25-29(27,28)23(3,4)5/h6-13,24-25H,14-16H2,1-5H3. The Hall–Kier alpha value is -2.47. The van der Waals surface area contributed by atoms with E-state index in [1.165, 1.54) is 16.8 Å². The van der Waals surface area contributed by atoms with Gasteiger partial charge in [0.1, 0.15) is 0 Å². The monoisotopic (exact) mass is 413 g/mol. The van der Waals surface area contributed by atoms with Crippen molar-refractivity contribution in [2.45, 2.75) is 45.9 Å². The van der Waals surface area contributed by atoms with E-state index in [-0.39, 0.29) is 0 Å². The molecule has 0 aromatic heterocycles. The lowest BCUT2D eigenvalue weighted by Crippen LogP contribution is -2.33. The third kappa shape index (κ3) is 4.75. The highest BCUT2D eigenvalue weighted by Crippen LogP contribution is 2.30. The zero-order valence-electron chi connectivity index (χ0n) is 17.9. The van der Waals surface area contributed by atoms with E-state index >= 15 is 0 Å². The largest absolute Gasteiger partial charge is 0.381 e. The van der Waals surface area contributed by atoms with Gasteiger partial charge in [0.15, 0.2) is 0 Å². The summed E-state index contributed by atoms with van der Waals surface area (Å²) in [7, 11) is -3.41. The molecule has 0 fully saturated rings. The second-order valence-corrected chi connectivity index (χ2v) is 11.0. The van der Waals surface area contributed by atoms with Gasteiger partial charge in [-0.3, -0.25) is 4.72 Å². The maximum absolute atomic E-state index is 12.3. The van der Waals surface area contributed by atoms with Crippen LogP contribution in [0.2, 0.25) is 0 Å². The maximum atomic E-state index is 12.3. The van der Waals surface area contributed by atoms with Crippen molar-refractivity contribution in [3.05, 3.63) is 65.2 Å². The molecule has 0 unspecified atom stereocenters. The number of nitrogens with one attached hydrogen (secondary N) is 2. The number of rotatable bonds is 6. The highest BCUT2D eigenvalue weighted by molar-refractivity contribution is 7.94. The van der Waals surface area contributed by atoms with E-state index in [0.717, 1.165) is 24.3 Å². The molecule has 2 aromatic carbocycles. The minimum atomic E-state index is -3.41. The van der Waals surface area contributed by atoms with Crippen LogP contribution in [0.1, 0.15) is 37.5 Å². The molecule has 5 nitrogen and oxygen atoms in total. The van der Waals surface area contributed by atoms with Gasteiger partial charge in [0, 0.05) is 36.7 Å². The summed E-state index contributed by atoms with van der Waals surface area (Å²) in [6.45, 7) is 12.0. The van der Waals surface area contributed by atoms with E-state index in [1.807, 2.05) is 24.3 Å². The Labute approximate surface area is 174 Å². The minimum Gasteiger partial charge on any atom is -0.381 e. The van der Waals surface area contributed by atoms with Gasteiger partial charge in [0.2, 0.25) is 10.0 Å². The molecule has 6 heteroatoms. The molecule has 1 aliphatic heterocycles. The molecule has 1 aliphatic rings. The normalized spacial score (nSPS) is 14.3. The fourth-order valence-electron chi connectivity index (χ4n) is 3.21. The molecule has 0 saturated heterocycles. The van der Waals surface area contributed by atoms with E-state index in [9.17, 15) is 8.42 Å². The smallest absolute Gasteiger partial charge is 0.237 e. The number of hydrogen-bond acceptors (Lipinski definition) is 4. The Morgan fingerprint density at radius 1 is 0.931 bits per heavy atom. The first-order valence-electron chi connectivity index (χ1n) is 9.94. The van der Waals surface area contributed by atoms with Crippen LogP contribution in [0, 0.1) is 13.8 Å². The molecule has 0 saturated carbocycles. The van der Waals surface area contributed by atoms with Gasteiger partial charge in [-0.05, 0) is 75.6 Å². The summed E-state index contributed by atoms with van der Waals surface area (Å²) in [6, 6.07) is 11.8. The molecule has 0 atom stereocenters. The molecular weight excluding hydrogens is 382 g/mol. The molecule has 156 valence electrons. The van der Waals surface area contributed by atoms with Crippen LogP contribution < -0.4 is 14.9 Å². The number of benzene rings is 2. The highest BCUT2D eigenvalue weighted by Gasteiger charge is 2.28. The molecule has 0 aliphatic carbocycles. The highest BCUT2D eigenvalue weighted by atomic mass is 32.2. The molecule has 2 N–H and O–H groups in total. The second kappa shape index (κ2) is 8.11. The van der Waals surface area contributed by atoms with E-state index in [4.69, 9.17) is 0 Å². The lowest BCUT2D eigenvalue weighted by atomic mass is 10.0. The Bertz CT molecular complexity index is 996. The predicted molar refractivity (Wildman–Crippen MR) is 123 cm³/mol. The van der Waals surface area contributed by atoms with Crippen molar-refractivity contribution in [3.8, 4) is 0 Å². The van der Waals surface area contributed by atoms with Gasteiger partial charge in [-0.25, -0.2) is 8.42 Å². The van der Waals surface area contributed by atoms with Crippen LogP contribution in [0.4, 0.5) is 17.1 Å². The zero-order valence-corrected chi connectivity index (χ0v) is 18.7. The Kier molecular flexibility index (Phi) is 5.94. The van der Waals surface area contributed by atoms with E-state index in [0.29, 0.717) is 12.2 Å². The third-order valence-corrected chi connectivity index (χ3v) is 7.53. The van der Waals surface area contributed by atoms with E-state index in [2.05, 4.69) is 53.1 Å². The van der Waals surface area contributed by atoms with Crippen LogP contribution in [0.15, 0.2) is 48.6 Å². The SMILES string of the molecule is Cc1c(NCc2ccc(NS(=O)(=O)C(C)(C)C)cc2)ccc(N2CC=CC2)c1C. The van der Waals surface area contributed by atoms with Crippen molar-refractivity contribution in [3.63, 3.8) is 0 Å². The van der Waals surface area contributed by atoms with Crippen LogP contribution >= 0.6 is 0 Å². The molecule has 0 spiro atoms. The van der Waals surface area contributed by atoms with Crippen molar-refractivity contribution in [2.24, 2.45) is 0 Å². The fourth-order valence-corrected chi connectivity index (χ4v) is 3.96.